The van der Waals surface area contributed by atoms with E-state index in [0.29, 0.717) is 12.4 Å². The third-order valence-electron chi connectivity index (χ3n) is 1.72. The topological polar surface area (TPSA) is 69.6 Å². The highest BCUT2D eigenvalue weighted by Crippen LogP contribution is 2.06. The molecule has 2 heterocycles. The fraction of sp³-hybridized carbons (Fsp3) is 0.125. The Morgan fingerprint density at radius 1 is 1.38 bits per heavy atom. The van der Waals surface area contributed by atoms with Crippen LogP contribution in [0.1, 0.15) is 5.56 Å². The molecule has 0 saturated carbocycles. The average Bonchev–Trinajstić information content (AvgIpc) is 2.70. The molecule has 0 aliphatic heterocycles. The maximum atomic E-state index is 5.55. The van der Waals surface area contributed by atoms with Crippen molar-refractivity contribution in [2.45, 2.75) is 6.54 Å². The zero-order valence-electron chi connectivity index (χ0n) is 6.96. The van der Waals surface area contributed by atoms with Crippen LogP contribution in [-0.2, 0) is 6.54 Å². The van der Waals surface area contributed by atoms with E-state index in [1.807, 2.05) is 18.3 Å². The Morgan fingerprint density at radius 3 is 3.00 bits per heavy atom. The van der Waals surface area contributed by atoms with Crippen molar-refractivity contribution in [1.82, 2.24) is 20.0 Å². The van der Waals surface area contributed by atoms with E-state index in [-0.39, 0.29) is 0 Å². The van der Waals surface area contributed by atoms with Crippen LogP contribution in [0.2, 0.25) is 0 Å². The van der Waals surface area contributed by atoms with E-state index in [9.17, 15) is 0 Å². The van der Waals surface area contributed by atoms with E-state index in [4.69, 9.17) is 5.73 Å². The molecule has 0 spiro atoms. The molecule has 13 heavy (non-hydrogen) atoms. The van der Waals surface area contributed by atoms with Crippen LogP contribution < -0.4 is 5.73 Å². The van der Waals surface area contributed by atoms with E-state index in [1.165, 1.54) is 0 Å². The lowest BCUT2D eigenvalue weighted by Crippen LogP contribution is -2.07. The van der Waals surface area contributed by atoms with Crippen molar-refractivity contribution >= 4 is 0 Å². The van der Waals surface area contributed by atoms with Crippen LogP contribution in [0.5, 0.6) is 0 Å². The summed E-state index contributed by atoms with van der Waals surface area (Å²) in [5.74, 6) is 0.690. The Morgan fingerprint density at radius 2 is 2.31 bits per heavy atom. The highest BCUT2D eigenvalue weighted by atomic mass is 15.3. The molecule has 0 amide bonds. The van der Waals surface area contributed by atoms with Gasteiger partial charge in [-0.25, -0.2) is 4.68 Å². The number of rotatable bonds is 2. The summed E-state index contributed by atoms with van der Waals surface area (Å²) in [5.41, 5.74) is 6.48. The Kier molecular flexibility index (Phi) is 2.01. The molecule has 0 aromatic carbocycles. The summed E-state index contributed by atoms with van der Waals surface area (Å²) in [5, 5.41) is 11.8. The number of hydrogen-bond donors (Lipinski definition) is 1. The smallest absolute Gasteiger partial charge is 0.180 e. The second-order valence-electron chi connectivity index (χ2n) is 2.53. The second kappa shape index (κ2) is 3.32. The third-order valence-corrected chi connectivity index (χ3v) is 1.72. The van der Waals surface area contributed by atoms with Gasteiger partial charge in [0.05, 0.1) is 6.20 Å². The molecule has 5 heteroatoms. The maximum Gasteiger partial charge on any atom is 0.180 e. The summed E-state index contributed by atoms with van der Waals surface area (Å²) >= 11 is 0. The first-order valence-electron chi connectivity index (χ1n) is 3.92. The van der Waals surface area contributed by atoms with E-state index >= 15 is 0 Å². The van der Waals surface area contributed by atoms with Crippen LogP contribution >= 0.6 is 0 Å². The minimum atomic E-state index is 0.435. The first-order chi connectivity index (χ1) is 6.42. The summed E-state index contributed by atoms with van der Waals surface area (Å²) in [4.78, 5) is 0. The van der Waals surface area contributed by atoms with Crippen molar-refractivity contribution in [3.63, 3.8) is 0 Å². The second-order valence-corrected chi connectivity index (χ2v) is 2.53. The van der Waals surface area contributed by atoms with E-state index in [2.05, 4.69) is 15.3 Å². The summed E-state index contributed by atoms with van der Waals surface area (Å²) in [6.07, 6.45) is 5.12. The molecule has 0 unspecified atom stereocenters. The predicted octanol–water partition coefficient (Wildman–Crippen LogP) is 0.121. The molecule has 0 aliphatic rings. The number of nitrogens with two attached hydrogens (primary N) is 1. The standard InChI is InChI=1S/C8H9N5/c9-6-7-2-4-10-12-8(7)13-5-1-3-11-13/h1-5H,6,9H2. The first-order valence-corrected chi connectivity index (χ1v) is 3.92. The van der Waals surface area contributed by atoms with Gasteiger partial charge < -0.3 is 5.73 Å². The molecular formula is C8H9N5. The minimum Gasteiger partial charge on any atom is -0.326 e. The monoisotopic (exact) mass is 175 g/mol. The summed E-state index contributed by atoms with van der Waals surface area (Å²) in [6, 6.07) is 3.67. The molecule has 0 bridgehead atoms. The van der Waals surface area contributed by atoms with Gasteiger partial charge in [-0.2, -0.15) is 10.2 Å². The molecule has 0 saturated heterocycles. The van der Waals surface area contributed by atoms with Crippen LogP contribution in [0.4, 0.5) is 0 Å². The third kappa shape index (κ3) is 1.41. The van der Waals surface area contributed by atoms with E-state index in [1.54, 1.807) is 17.1 Å². The minimum absolute atomic E-state index is 0.435. The lowest BCUT2D eigenvalue weighted by Gasteiger charge is -2.03. The van der Waals surface area contributed by atoms with Crippen molar-refractivity contribution in [2.24, 2.45) is 5.73 Å². The van der Waals surface area contributed by atoms with Crippen LogP contribution in [0.25, 0.3) is 5.82 Å². The number of hydrogen-bond acceptors (Lipinski definition) is 4. The lowest BCUT2D eigenvalue weighted by atomic mass is 10.3. The van der Waals surface area contributed by atoms with Crippen LogP contribution in [0, 0.1) is 0 Å². The largest absolute Gasteiger partial charge is 0.326 e. The van der Waals surface area contributed by atoms with Crippen LogP contribution in [-0.4, -0.2) is 20.0 Å². The van der Waals surface area contributed by atoms with Gasteiger partial charge in [0.1, 0.15) is 0 Å². The molecule has 0 radical (unpaired) electrons. The average molecular weight is 175 g/mol. The molecule has 0 aliphatic carbocycles. The van der Waals surface area contributed by atoms with Crippen LogP contribution in [0.3, 0.4) is 0 Å². The van der Waals surface area contributed by atoms with Gasteiger partial charge in [-0.05, 0) is 12.1 Å². The molecule has 0 fully saturated rings. The van der Waals surface area contributed by atoms with Gasteiger partial charge in [-0.15, -0.1) is 5.10 Å². The van der Waals surface area contributed by atoms with Crippen molar-refractivity contribution < 1.29 is 0 Å². The lowest BCUT2D eigenvalue weighted by molar-refractivity contribution is 0.791. The molecular weight excluding hydrogens is 166 g/mol. The Balaban J connectivity index is 2.51. The molecule has 2 aromatic heterocycles. The van der Waals surface area contributed by atoms with Gasteiger partial charge in [0.2, 0.25) is 0 Å². The number of nitrogens with zero attached hydrogens (tertiary/aromatic N) is 4. The van der Waals surface area contributed by atoms with Crippen molar-refractivity contribution in [3.05, 3.63) is 36.3 Å². The molecule has 66 valence electrons. The quantitative estimate of drug-likeness (QED) is 0.703. The molecule has 2 aromatic rings. The van der Waals surface area contributed by atoms with Gasteiger partial charge in [0.15, 0.2) is 5.82 Å². The normalized spacial score (nSPS) is 10.2. The van der Waals surface area contributed by atoms with Gasteiger partial charge in [-0.3, -0.25) is 0 Å². The van der Waals surface area contributed by atoms with Gasteiger partial charge in [-0.1, -0.05) is 0 Å². The summed E-state index contributed by atoms with van der Waals surface area (Å²) in [7, 11) is 0. The maximum absolute atomic E-state index is 5.55. The Bertz CT molecular complexity index is 381. The van der Waals surface area contributed by atoms with Crippen molar-refractivity contribution in [2.75, 3.05) is 0 Å². The highest BCUT2D eigenvalue weighted by Gasteiger charge is 2.03. The summed E-state index contributed by atoms with van der Waals surface area (Å²) < 4.78 is 1.65. The SMILES string of the molecule is NCc1ccnnc1-n1cccn1. The molecule has 2 rings (SSSR count). The van der Waals surface area contributed by atoms with Gasteiger partial charge in [0.25, 0.3) is 0 Å². The molecule has 2 N–H and O–H groups in total. The van der Waals surface area contributed by atoms with Crippen molar-refractivity contribution in [1.29, 1.82) is 0 Å². The first kappa shape index (κ1) is 7.88. The fourth-order valence-corrected chi connectivity index (χ4v) is 1.10. The van der Waals surface area contributed by atoms with Gasteiger partial charge in [0, 0.05) is 24.5 Å². The highest BCUT2D eigenvalue weighted by molar-refractivity contribution is 5.30. The summed E-state index contributed by atoms with van der Waals surface area (Å²) in [6.45, 7) is 0.435. The van der Waals surface area contributed by atoms with Crippen LogP contribution in [0.15, 0.2) is 30.7 Å². The van der Waals surface area contributed by atoms with Gasteiger partial charge >= 0.3 is 0 Å². The van der Waals surface area contributed by atoms with E-state index < -0.39 is 0 Å². The number of aromatic nitrogens is 4. The predicted molar refractivity (Wildman–Crippen MR) is 47.0 cm³/mol. The zero-order valence-corrected chi connectivity index (χ0v) is 6.96. The Labute approximate surface area is 75.2 Å². The molecule has 5 nitrogen and oxygen atoms in total. The van der Waals surface area contributed by atoms with E-state index in [0.717, 1.165) is 5.56 Å². The zero-order chi connectivity index (χ0) is 9.10. The van der Waals surface area contributed by atoms with Crippen molar-refractivity contribution in [3.8, 4) is 5.82 Å². The Hall–Kier alpha value is -1.75. The molecule has 0 atom stereocenters. The fourth-order valence-electron chi connectivity index (χ4n) is 1.10.